The average Bonchev–Trinajstić information content (AvgIpc) is 2.94. The first-order chi connectivity index (χ1) is 18.5. The summed E-state index contributed by atoms with van der Waals surface area (Å²) in [6.07, 6.45) is 7.79. The van der Waals surface area contributed by atoms with Gasteiger partial charge in [-0.3, -0.25) is 9.36 Å². The number of nitrogens with one attached hydrogen (secondary N) is 2. The third-order valence-electron chi connectivity index (χ3n) is 7.90. The molecule has 1 saturated heterocycles. The van der Waals surface area contributed by atoms with Gasteiger partial charge >= 0.3 is 0 Å². The van der Waals surface area contributed by atoms with Crippen molar-refractivity contribution in [2.45, 2.75) is 52.0 Å². The zero-order chi connectivity index (χ0) is 26.6. The molecule has 3 heterocycles. The Kier molecular flexibility index (Phi) is 7.74. The Morgan fingerprint density at radius 1 is 1.11 bits per heavy atom. The Morgan fingerprint density at radius 2 is 1.82 bits per heavy atom. The van der Waals surface area contributed by atoms with Gasteiger partial charge in [0.15, 0.2) is 0 Å². The molecule has 0 amide bonds. The lowest BCUT2D eigenvalue weighted by Crippen LogP contribution is -2.46. The number of fused-ring (bicyclic) bond motifs is 1. The van der Waals surface area contributed by atoms with E-state index in [9.17, 15) is 4.79 Å². The maximum Gasteiger partial charge on any atom is 0.261 e. The van der Waals surface area contributed by atoms with Gasteiger partial charge in [0.05, 0.1) is 11.3 Å². The lowest BCUT2D eigenvalue weighted by Gasteiger charge is -2.35. The second kappa shape index (κ2) is 11.3. The molecule has 1 saturated carbocycles. The summed E-state index contributed by atoms with van der Waals surface area (Å²) in [7, 11) is 0. The van der Waals surface area contributed by atoms with Gasteiger partial charge in [-0.05, 0) is 62.7 Å². The Labute approximate surface area is 223 Å². The van der Waals surface area contributed by atoms with Crippen molar-refractivity contribution in [2.75, 3.05) is 42.9 Å². The van der Waals surface area contributed by atoms with Gasteiger partial charge in [0.25, 0.3) is 5.56 Å². The van der Waals surface area contributed by atoms with Crippen molar-refractivity contribution >= 4 is 40.3 Å². The molecular formula is C29H38N8O. The number of nitrogens with zero attached hydrogens (tertiary/aromatic N) is 5. The molecule has 200 valence electrons. The molecule has 0 atom stereocenters. The van der Waals surface area contributed by atoms with E-state index < -0.39 is 0 Å². The molecule has 0 spiro atoms. The van der Waals surface area contributed by atoms with Crippen LogP contribution in [0.1, 0.15) is 56.3 Å². The van der Waals surface area contributed by atoms with Crippen molar-refractivity contribution in [2.24, 2.45) is 5.73 Å². The smallest absolute Gasteiger partial charge is 0.261 e. The summed E-state index contributed by atoms with van der Waals surface area (Å²) in [5, 5.41) is 11.6. The van der Waals surface area contributed by atoms with Crippen LogP contribution in [0.15, 0.2) is 41.2 Å². The Morgan fingerprint density at radius 3 is 2.47 bits per heavy atom. The molecule has 9 nitrogen and oxygen atoms in total. The SMILES string of the molecule is CCN1CCN(c2ccc(Nc3nc(C)c4cc(/C(N)=C/C=N)c(=O)n(C5CCCCC5)c4n3)cc2)CC1. The molecule has 1 aliphatic carbocycles. The van der Waals surface area contributed by atoms with Crippen molar-refractivity contribution in [1.29, 1.82) is 5.41 Å². The molecule has 4 N–H and O–H groups in total. The van der Waals surface area contributed by atoms with Crippen LogP contribution in [0.2, 0.25) is 0 Å². The normalized spacial score (nSPS) is 17.6. The number of hydrogen-bond acceptors (Lipinski definition) is 8. The predicted octanol–water partition coefficient (Wildman–Crippen LogP) is 4.44. The Bertz CT molecular complexity index is 1380. The molecule has 2 aromatic heterocycles. The largest absolute Gasteiger partial charge is 0.398 e. The van der Waals surface area contributed by atoms with Crippen molar-refractivity contribution in [1.82, 2.24) is 19.4 Å². The molecule has 9 heteroatoms. The number of likely N-dealkylation sites (N-methyl/N-ethyl adjacent to an activating group) is 1. The highest BCUT2D eigenvalue weighted by Gasteiger charge is 2.23. The summed E-state index contributed by atoms with van der Waals surface area (Å²) in [5.41, 5.74) is 10.3. The summed E-state index contributed by atoms with van der Waals surface area (Å²) in [6, 6.07) is 10.2. The Balaban J connectivity index is 1.48. The molecule has 38 heavy (non-hydrogen) atoms. The van der Waals surface area contributed by atoms with Crippen LogP contribution in [0.3, 0.4) is 0 Å². The molecule has 1 aromatic carbocycles. The number of rotatable bonds is 7. The standard InChI is InChI=1S/C29H38N8O/c1-3-35-15-17-36(18-16-35)22-11-9-21(10-12-22)33-29-32-20(2)24-19-25(26(31)13-14-30)28(38)37(27(24)34-29)23-7-5-4-6-8-23/h9-14,19,23,30H,3-8,15-18,31H2,1-2H3,(H,32,33,34)/b26-13-,30-14?. The molecular weight excluding hydrogens is 476 g/mol. The number of hydrogen-bond donors (Lipinski definition) is 3. The maximum atomic E-state index is 13.7. The van der Waals surface area contributed by atoms with E-state index in [0.29, 0.717) is 17.2 Å². The number of benzene rings is 1. The molecule has 0 radical (unpaired) electrons. The van der Waals surface area contributed by atoms with Crippen molar-refractivity contribution in [3.8, 4) is 0 Å². The third-order valence-corrected chi connectivity index (χ3v) is 7.90. The fourth-order valence-electron chi connectivity index (χ4n) is 5.68. The van der Waals surface area contributed by atoms with E-state index in [4.69, 9.17) is 21.1 Å². The van der Waals surface area contributed by atoms with E-state index in [0.717, 1.165) is 81.4 Å². The van der Waals surface area contributed by atoms with E-state index in [2.05, 4.69) is 46.3 Å². The van der Waals surface area contributed by atoms with E-state index in [1.54, 1.807) is 6.07 Å². The highest BCUT2D eigenvalue weighted by atomic mass is 16.1. The van der Waals surface area contributed by atoms with Crippen molar-refractivity contribution in [3.05, 3.63) is 58.0 Å². The predicted molar refractivity (Wildman–Crippen MR) is 156 cm³/mol. The number of allylic oxidation sites excluding steroid dienone is 1. The highest BCUT2D eigenvalue weighted by molar-refractivity contribution is 5.87. The number of pyridine rings is 1. The van der Waals surface area contributed by atoms with Crippen LogP contribution < -0.4 is 21.5 Å². The van der Waals surface area contributed by atoms with Crippen LogP contribution in [0.4, 0.5) is 17.3 Å². The molecule has 0 bridgehead atoms. The minimum absolute atomic E-state index is 0.0705. The van der Waals surface area contributed by atoms with Crippen LogP contribution in [0.25, 0.3) is 16.7 Å². The third kappa shape index (κ3) is 5.29. The van der Waals surface area contributed by atoms with Crippen LogP contribution in [-0.4, -0.2) is 58.4 Å². The van der Waals surface area contributed by atoms with Crippen molar-refractivity contribution in [3.63, 3.8) is 0 Å². The Hall–Kier alpha value is -3.72. The summed E-state index contributed by atoms with van der Waals surface area (Å²) in [5.74, 6) is 0.471. The lowest BCUT2D eigenvalue weighted by molar-refractivity contribution is 0.271. The topological polar surface area (TPSA) is 116 Å². The van der Waals surface area contributed by atoms with Crippen LogP contribution >= 0.6 is 0 Å². The molecule has 1 aliphatic heterocycles. The molecule has 2 fully saturated rings. The fourth-order valence-corrected chi connectivity index (χ4v) is 5.68. The lowest BCUT2D eigenvalue weighted by atomic mass is 9.94. The van der Waals surface area contributed by atoms with E-state index in [1.165, 1.54) is 18.2 Å². The van der Waals surface area contributed by atoms with Gasteiger partial charge in [-0.15, -0.1) is 0 Å². The molecule has 3 aromatic rings. The zero-order valence-corrected chi connectivity index (χ0v) is 22.4. The first-order valence-electron chi connectivity index (χ1n) is 13.7. The van der Waals surface area contributed by atoms with Crippen molar-refractivity contribution < 1.29 is 0 Å². The minimum Gasteiger partial charge on any atom is -0.398 e. The summed E-state index contributed by atoms with van der Waals surface area (Å²) < 4.78 is 1.83. The van der Waals surface area contributed by atoms with Crippen LogP contribution in [0, 0.1) is 12.3 Å². The number of aryl methyl sites for hydroxylation is 1. The van der Waals surface area contributed by atoms with Gasteiger partial charge in [-0.1, -0.05) is 26.2 Å². The first kappa shape index (κ1) is 25.9. The number of piperazine rings is 1. The molecule has 5 rings (SSSR count). The van der Waals surface area contributed by atoms with Crippen LogP contribution in [-0.2, 0) is 0 Å². The average molecular weight is 515 g/mol. The molecule has 0 unspecified atom stereocenters. The van der Waals surface area contributed by atoms with E-state index in [1.807, 2.05) is 11.5 Å². The van der Waals surface area contributed by atoms with Gasteiger partial charge in [0.1, 0.15) is 5.65 Å². The zero-order valence-electron chi connectivity index (χ0n) is 22.4. The second-order valence-corrected chi connectivity index (χ2v) is 10.3. The second-order valence-electron chi connectivity index (χ2n) is 10.3. The van der Waals surface area contributed by atoms with Gasteiger partial charge in [-0.25, -0.2) is 4.98 Å². The van der Waals surface area contributed by atoms with Gasteiger partial charge in [0, 0.05) is 60.9 Å². The quantitative estimate of drug-likeness (QED) is 0.399. The summed E-state index contributed by atoms with van der Waals surface area (Å²) in [6.45, 7) is 9.50. The van der Waals surface area contributed by atoms with E-state index >= 15 is 0 Å². The number of aromatic nitrogens is 3. The highest BCUT2D eigenvalue weighted by Crippen LogP contribution is 2.31. The van der Waals surface area contributed by atoms with Crippen LogP contribution in [0.5, 0.6) is 0 Å². The summed E-state index contributed by atoms with van der Waals surface area (Å²) in [4.78, 5) is 28.2. The number of anilines is 3. The van der Waals surface area contributed by atoms with Gasteiger partial charge in [0.2, 0.25) is 5.95 Å². The van der Waals surface area contributed by atoms with E-state index in [-0.39, 0.29) is 17.3 Å². The van der Waals surface area contributed by atoms with Gasteiger partial charge < -0.3 is 26.3 Å². The maximum absolute atomic E-state index is 13.7. The summed E-state index contributed by atoms with van der Waals surface area (Å²) >= 11 is 0. The number of nitrogens with two attached hydrogens (primary N) is 1. The monoisotopic (exact) mass is 514 g/mol. The minimum atomic E-state index is -0.156. The molecule has 2 aliphatic rings. The fraction of sp³-hybridized carbons (Fsp3) is 0.448. The van der Waals surface area contributed by atoms with Gasteiger partial charge in [-0.2, -0.15) is 4.98 Å². The first-order valence-corrected chi connectivity index (χ1v) is 13.7.